The van der Waals surface area contributed by atoms with Gasteiger partial charge in [-0.25, -0.2) is 4.98 Å². The van der Waals surface area contributed by atoms with Crippen molar-refractivity contribution in [1.29, 1.82) is 0 Å². The predicted molar refractivity (Wildman–Crippen MR) is 101 cm³/mol. The second-order valence-electron chi connectivity index (χ2n) is 5.54. The first-order valence-electron chi connectivity index (χ1n) is 7.78. The van der Waals surface area contributed by atoms with Crippen LogP contribution in [0, 0.1) is 0 Å². The van der Waals surface area contributed by atoms with Crippen LogP contribution in [0.1, 0.15) is 16.2 Å². The highest BCUT2D eigenvalue weighted by Gasteiger charge is 2.30. The first kappa shape index (κ1) is 19.3. The van der Waals surface area contributed by atoms with E-state index in [0.29, 0.717) is 10.9 Å². The lowest BCUT2D eigenvalue weighted by Crippen LogP contribution is -2.44. The molecule has 1 aromatic heterocycles. The van der Waals surface area contributed by atoms with Crippen LogP contribution in [0.25, 0.3) is 10.9 Å². The molecule has 0 fully saturated rings. The summed E-state index contributed by atoms with van der Waals surface area (Å²) in [5.41, 5.74) is 3.63. The number of aromatic nitrogens is 2. The molecule has 0 saturated heterocycles. The Labute approximate surface area is 161 Å². The topological polar surface area (TPSA) is 98.9 Å². The number of H-pyrrole nitrogens is 1. The van der Waals surface area contributed by atoms with Gasteiger partial charge in [0.25, 0.3) is 5.56 Å². The smallest absolute Gasteiger partial charge is 0.331 e. The number of nitrogens with one attached hydrogen (secondary N) is 4. The van der Waals surface area contributed by atoms with Gasteiger partial charge in [0, 0.05) is 5.69 Å². The molecule has 4 N–H and O–H groups in total. The van der Waals surface area contributed by atoms with Gasteiger partial charge in [-0.3, -0.25) is 20.4 Å². The SMILES string of the molecule is O=C(NNC(=S)Nc1cccc(C(F)(F)F)c1)c1nc2ccccc2c(=O)[nH]1. The van der Waals surface area contributed by atoms with Crippen molar-refractivity contribution in [2.75, 3.05) is 5.32 Å². The first-order chi connectivity index (χ1) is 13.2. The maximum atomic E-state index is 12.7. The van der Waals surface area contributed by atoms with Crippen molar-refractivity contribution in [2.24, 2.45) is 0 Å². The number of anilines is 1. The van der Waals surface area contributed by atoms with E-state index >= 15 is 0 Å². The molecular weight excluding hydrogens is 395 g/mol. The van der Waals surface area contributed by atoms with Crippen LogP contribution in [0.15, 0.2) is 53.3 Å². The number of thiocarbonyl (C=S) groups is 1. The largest absolute Gasteiger partial charge is 0.416 e. The monoisotopic (exact) mass is 407 g/mol. The number of amides is 1. The fourth-order valence-corrected chi connectivity index (χ4v) is 2.47. The Kier molecular flexibility index (Phi) is 5.27. The third-order valence-electron chi connectivity index (χ3n) is 3.57. The Bertz CT molecular complexity index is 1110. The zero-order valence-corrected chi connectivity index (χ0v) is 14.7. The number of nitrogens with zero attached hydrogens (tertiary/aromatic N) is 1. The molecule has 0 aliphatic carbocycles. The van der Waals surface area contributed by atoms with Gasteiger partial charge in [0.15, 0.2) is 5.11 Å². The van der Waals surface area contributed by atoms with Crippen molar-refractivity contribution in [3.05, 3.63) is 70.3 Å². The van der Waals surface area contributed by atoms with E-state index in [4.69, 9.17) is 12.2 Å². The molecule has 0 radical (unpaired) electrons. The number of aromatic amines is 1. The van der Waals surface area contributed by atoms with Crippen LogP contribution in [0.3, 0.4) is 0 Å². The van der Waals surface area contributed by atoms with Crippen molar-refractivity contribution >= 4 is 39.8 Å². The highest BCUT2D eigenvalue weighted by Crippen LogP contribution is 2.30. The summed E-state index contributed by atoms with van der Waals surface area (Å²) >= 11 is 4.93. The average molecular weight is 407 g/mol. The van der Waals surface area contributed by atoms with Crippen LogP contribution < -0.4 is 21.7 Å². The Morgan fingerprint density at radius 3 is 2.57 bits per heavy atom. The van der Waals surface area contributed by atoms with Gasteiger partial charge in [-0.1, -0.05) is 18.2 Å². The van der Waals surface area contributed by atoms with Crippen LogP contribution in [-0.4, -0.2) is 21.0 Å². The molecule has 144 valence electrons. The lowest BCUT2D eigenvalue weighted by Gasteiger charge is -2.13. The zero-order valence-electron chi connectivity index (χ0n) is 13.9. The van der Waals surface area contributed by atoms with Gasteiger partial charge in [0.05, 0.1) is 16.5 Å². The summed E-state index contributed by atoms with van der Waals surface area (Å²) < 4.78 is 38.2. The molecular formula is C17H12F3N5O2S. The van der Waals surface area contributed by atoms with Gasteiger partial charge in [-0.2, -0.15) is 13.2 Å². The number of hydrazine groups is 1. The molecule has 0 atom stereocenters. The number of benzene rings is 2. The molecule has 11 heteroatoms. The van der Waals surface area contributed by atoms with Crippen molar-refractivity contribution in [2.45, 2.75) is 6.18 Å². The van der Waals surface area contributed by atoms with Gasteiger partial charge < -0.3 is 10.3 Å². The van der Waals surface area contributed by atoms with E-state index in [1.807, 2.05) is 0 Å². The van der Waals surface area contributed by atoms with E-state index in [0.717, 1.165) is 12.1 Å². The minimum absolute atomic E-state index is 0.0822. The normalized spacial score (nSPS) is 11.1. The van der Waals surface area contributed by atoms with Crippen molar-refractivity contribution in [1.82, 2.24) is 20.8 Å². The maximum absolute atomic E-state index is 12.7. The van der Waals surface area contributed by atoms with E-state index < -0.39 is 23.2 Å². The number of carbonyl (C=O) groups excluding carboxylic acids is 1. The van der Waals surface area contributed by atoms with Crippen molar-refractivity contribution < 1.29 is 18.0 Å². The third kappa shape index (κ3) is 4.43. The standard InChI is InChI=1S/C17H12F3N5O2S/c18-17(19,20)9-4-3-5-10(8-9)21-16(28)25-24-15(27)13-22-12-7-2-1-6-11(12)14(26)23-13/h1-8H,(H,24,27)(H2,21,25,28)(H,22,23,26). The fraction of sp³-hybridized carbons (Fsp3) is 0.0588. The van der Waals surface area contributed by atoms with Crippen LogP contribution >= 0.6 is 12.2 Å². The van der Waals surface area contributed by atoms with Crippen molar-refractivity contribution in [3.8, 4) is 0 Å². The fourth-order valence-electron chi connectivity index (χ4n) is 2.30. The summed E-state index contributed by atoms with van der Waals surface area (Å²) in [5.74, 6) is -1.03. The van der Waals surface area contributed by atoms with Gasteiger partial charge in [0.2, 0.25) is 5.82 Å². The van der Waals surface area contributed by atoms with Crippen LogP contribution in [0.4, 0.5) is 18.9 Å². The first-order valence-corrected chi connectivity index (χ1v) is 8.18. The summed E-state index contributed by atoms with van der Waals surface area (Å²) in [5, 5.41) is 2.69. The zero-order chi connectivity index (χ0) is 20.3. The van der Waals surface area contributed by atoms with Crippen LogP contribution in [-0.2, 0) is 6.18 Å². The predicted octanol–water partition coefficient (Wildman–Crippen LogP) is 2.57. The third-order valence-corrected chi connectivity index (χ3v) is 3.77. The van der Waals surface area contributed by atoms with Gasteiger partial charge >= 0.3 is 12.1 Å². The number of fused-ring (bicyclic) bond motifs is 1. The number of hydrogen-bond acceptors (Lipinski definition) is 4. The molecule has 0 aliphatic heterocycles. The lowest BCUT2D eigenvalue weighted by atomic mass is 10.2. The van der Waals surface area contributed by atoms with E-state index in [1.54, 1.807) is 24.3 Å². The summed E-state index contributed by atoms with van der Waals surface area (Å²) in [6.45, 7) is 0. The molecule has 28 heavy (non-hydrogen) atoms. The highest BCUT2D eigenvalue weighted by atomic mass is 32.1. The summed E-state index contributed by atoms with van der Waals surface area (Å²) in [6.07, 6.45) is -4.49. The molecule has 0 spiro atoms. The number of alkyl halides is 3. The molecule has 7 nitrogen and oxygen atoms in total. The molecule has 1 heterocycles. The Morgan fingerprint density at radius 1 is 1.07 bits per heavy atom. The van der Waals surface area contributed by atoms with E-state index in [-0.39, 0.29) is 16.6 Å². The Morgan fingerprint density at radius 2 is 1.82 bits per heavy atom. The minimum Gasteiger partial charge on any atom is -0.331 e. The van der Waals surface area contributed by atoms with Gasteiger partial charge in [0.1, 0.15) is 0 Å². The second-order valence-corrected chi connectivity index (χ2v) is 5.95. The summed E-state index contributed by atoms with van der Waals surface area (Å²) in [4.78, 5) is 30.5. The molecule has 1 amide bonds. The lowest BCUT2D eigenvalue weighted by molar-refractivity contribution is -0.137. The molecule has 0 bridgehead atoms. The minimum atomic E-state index is -4.49. The summed E-state index contributed by atoms with van der Waals surface area (Å²) in [6, 6.07) is 10.9. The number of halogens is 3. The molecule has 0 aliphatic rings. The Hall–Kier alpha value is -3.47. The molecule has 3 rings (SSSR count). The summed E-state index contributed by atoms with van der Waals surface area (Å²) in [7, 11) is 0. The average Bonchev–Trinajstić information content (AvgIpc) is 2.65. The molecule has 0 saturated carbocycles. The number of para-hydroxylation sites is 1. The van der Waals surface area contributed by atoms with Gasteiger partial charge in [-0.05, 0) is 42.5 Å². The number of hydrogen-bond donors (Lipinski definition) is 4. The second kappa shape index (κ2) is 7.64. The Balaban J connectivity index is 1.65. The van der Waals surface area contributed by atoms with E-state index in [9.17, 15) is 22.8 Å². The highest BCUT2D eigenvalue weighted by molar-refractivity contribution is 7.80. The quantitative estimate of drug-likeness (QED) is 0.385. The number of carbonyl (C=O) groups is 1. The molecule has 2 aromatic carbocycles. The van der Waals surface area contributed by atoms with Crippen LogP contribution in [0.5, 0.6) is 0 Å². The maximum Gasteiger partial charge on any atom is 0.416 e. The van der Waals surface area contributed by atoms with Crippen molar-refractivity contribution in [3.63, 3.8) is 0 Å². The van der Waals surface area contributed by atoms with E-state index in [1.165, 1.54) is 12.1 Å². The molecule has 3 aromatic rings. The molecule has 0 unspecified atom stereocenters. The van der Waals surface area contributed by atoms with E-state index in [2.05, 4.69) is 26.1 Å². The van der Waals surface area contributed by atoms with Crippen LogP contribution in [0.2, 0.25) is 0 Å². The van der Waals surface area contributed by atoms with Gasteiger partial charge in [-0.15, -0.1) is 0 Å². The number of rotatable bonds is 2.